The topological polar surface area (TPSA) is 62.8 Å². The Labute approximate surface area is 215 Å². The van der Waals surface area contributed by atoms with Gasteiger partial charge in [0.15, 0.2) is 10.8 Å². The van der Waals surface area contributed by atoms with Gasteiger partial charge in [0, 0.05) is 22.0 Å². The largest absolute Gasteiger partial charge is 0.497 e. The van der Waals surface area contributed by atoms with E-state index in [1.54, 1.807) is 13.2 Å². The van der Waals surface area contributed by atoms with Crippen molar-refractivity contribution in [2.45, 2.75) is 32.5 Å². The minimum Gasteiger partial charge on any atom is -0.497 e. The average Bonchev–Trinajstić information content (AvgIpc) is 2.80. The predicted molar refractivity (Wildman–Crippen MR) is 142 cm³/mol. The second-order valence-electron chi connectivity index (χ2n) is 9.09. The zero-order valence-electron chi connectivity index (χ0n) is 19.9. The van der Waals surface area contributed by atoms with Gasteiger partial charge in [-0.25, -0.2) is 0 Å². The van der Waals surface area contributed by atoms with Crippen molar-refractivity contribution < 1.29 is 14.3 Å². The highest BCUT2D eigenvalue weighted by molar-refractivity contribution is 7.80. The van der Waals surface area contributed by atoms with Crippen LogP contribution in [0, 0.1) is 19.8 Å². The van der Waals surface area contributed by atoms with Gasteiger partial charge < -0.3 is 20.1 Å². The Hall–Kier alpha value is -3.29. The van der Waals surface area contributed by atoms with Crippen molar-refractivity contribution in [3.8, 4) is 11.5 Å². The van der Waals surface area contributed by atoms with Crippen molar-refractivity contribution in [2.75, 3.05) is 17.3 Å². The van der Waals surface area contributed by atoms with Crippen molar-refractivity contribution >= 4 is 46.2 Å². The number of hydrogen-bond acceptors (Lipinski definition) is 4. The fourth-order valence-electron chi connectivity index (χ4n) is 5.06. The minimum atomic E-state index is -1.12. The molecule has 5 rings (SSSR count). The number of thiocarbonyl (C=S) groups is 1. The molecule has 2 aliphatic rings. The molecule has 3 aromatic rings. The maximum absolute atomic E-state index is 14.0. The Morgan fingerprint density at radius 1 is 1.17 bits per heavy atom. The van der Waals surface area contributed by atoms with E-state index >= 15 is 0 Å². The summed E-state index contributed by atoms with van der Waals surface area (Å²) in [4.78, 5) is 15.8. The van der Waals surface area contributed by atoms with Gasteiger partial charge in [-0.05, 0) is 81.0 Å². The van der Waals surface area contributed by atoms with Crippen LogP contribution in [0.3, 0.4) is 0 Å². The molecular weight excluding hydrogens is 482 g/mol. The lowest BCUT2D eigenvalue weighted by Gasteiger charge is -2.56. The summed E-state index contributed by atoms with van der Waals surface area (Å²) in [6.45, 7) is 5.90. The van der Waals surface area contributed by atoms with Gasteiger partial charge in [-0.15, -0.1) is 0 Å². The summed E-state index contributed by atoms with van der Waals surface area (Å²) in [5.74, 6) is 0.499. The van der Waals surface area contributed by atoms with E-state index in [1.165, 1.54) is 0 Å². The molecule has 0 aliphatic carbocycles. The second-order valence-corrected chi connectivity index (χ2v) is 9.91. The first-order valence-electron chi connectivity index (χ1n) is 11.3. The SMILES string of the molecule is COc1ccc2c(c1)[C@@H]1NC(=S)N(c3cccc(Cl)c3)[C@](C)(O2)[C@@H]1C(=O)Nc1ccc(C)cc1C. The van der Waals surface area contributed by atoms with Gasteiger partial charge in [0.05, 0.1) is 13.2 Å². The number of halogens is 1. The van der Waals surface area contributed by atoms with Crippen molar-refractivity contribution in [1.29, 1.82) is 0 Å². The molecule has 2 bridgehead atoms. The molecular formula is C27H26ClN3O3S. The third-order valence-corrected chi connectivity index (χ3v) is 7.23. The van der Waals surface area contributed by atoms with E-state index in [1.807, 2.05) is 80.3 Å². The summed E-state index contributed by atoms with van der Waals surface area (Å²) in [5, 5.41) is 7.55. The van der Waals surface area contributed by atoms with Gasteiger partial charge in [0.1, 0.15) is 17.4 Å². The number of fused-ring (bicyclic) bond motifs is 4. The molecule has 1 saturated heterocycles. The van der Waals surface area contributed by atoms with Crippen LogP contribution in [0.1, 0.15) is 29.7 Å². The predicted octanol–water partition coefficient (Wildman–Crippen LogP) is 5.76. The molecule has 0 unspecified atom stereocenters. The van der Waals surface area contributed by atoms with E-state index in [4.69, 9.17) is 33.3 Å². The number of aryl methyl sites for hydroxylation is 2. The van der Waals surface area contributed by atoms with Gasteiger partial charge >= 0.3 is 0 Å². The maximum Gasteiger partial charge on any atom is 0.236 e. The van der Waals surface area contributed by atoms with Gasteiger partial charge in [-0.3, -0.25) is 9.69 Å². The highest BCUT2D eigenvalue weighted by Gasteiger charge is 2.59. The normalized spacial score (nSPS) is 22.5. The number of nitrogens with zero attached hydrogens (tertiary/aromatic N) is 1. The monoisotopic (exact) mass is 507 g/mol. The van der Waals surface area contributed by atoms with E-state index in [0.717, 1.165) is 28.1 Å². The number of anilines is 2. The fraction of sp³-hybridized carbons (Fsp3) is 0.259. The lowest BCUT2D eigenvalue weighted by atomic mass is 9.78. The molecule has 180 valence electrons. The first-order chi connectivity index (χ1) is 16.7. The van der Waals surface area contributed by atoms with E-state index < -0.39 is 17.7 Å². The Bertz CT molecular complexity index is 1350. The van der Waals surface area contributed by atoms with Crippen LogP contribution >= 0.6 is 23.8 Å². The first kappa shape index (κ1) is 23.5. The van der Waals surface area contributed by atoms with Crippen LogP contribution in [-0.2, 0) is 4.79 Å². The quantitative estimate of drug-likeness (QED) is 0.437. The van der Waals surface area contributed by atoms with Crippen LogP contribution in [-0.4, -0.2) is 23.9 Å². The molecule has 2 heterocycles. The molecule has 2 aliphatic heterocycles. The number of rotatable bonds is 4. The zero-order valence-corrected chi connectivity index (χ0v) is 21.5. The standard InChI is InChI=1S/C27H26ClN3O3S/c1-15-8-10-21(16(2)12-15)29-25(32)23-24-20-14-19(33-4)9-11-22(20)34-27(23,3)31(26(35)30-24)18-7-5-6-17(28)13-18/h5-14,23-24H,1-4H3,(H,29,32)(H,30,35)/t23-,24-,27+/m0/s1. The Morgan fingerprint density at radius 3 is 2.69 bits per heavy atom. The smallest absolute Gasteiger partial charge is 0.236 e. The van der Waals surface area contributed by atoms with Gasteiger partial charge in [-0.2, -0.15) is 0 Å². The molecule has 0 saturated carbocycles. The molecule has 1 amide bonds. The zero-order chi connectivity index (χ0) is 24.9. The van der Waals surface area contributed by atoms with Crippen LogP contribution in [0.4, 0.5) is 11.4 Å². The Morgan fingerprint density at radius 2 is 1.97 bits per heavy atom. The fourth-order valence-corrected chi connectivity index (χ4v) is 5.66. The average molecular weight is 508 g/mol. The summed E-state index contributed by atoms with van der Waals surface area (Å²) >= 11 is 12.1. The van der Waals surface area contributed by atoms with Crippen molar-refractivity contribution in [3.63, 3.8) is 0 Å². The number of benzene rings is 3. The number of amides is 1. The highest BCUT2D eigenvalue weighted by atomic mass is 35.5. The molecule has 0 radical (unpaired) electrons. The van der Waals surface area contributed by atoms with Crippen molar-refractivity contribution in [3.05, 3.63) is 82.4 Å². The molecule has 0 aromatic heterocycles. The number of methoxy groups -OCH3 is 1. The maximum atomic E-state index is 14.0. The molecule has 1 fully saturated rings. The van der Waals surface area contributed by atoms with Crippen LogP contribution in [0.2, 0.25) is 5.02 Å². The van der Waals surface area contributed by atoms with Crippen molar-refractivity contribution in [1.82, 2.24) is 5.32 Å². The van der Waals surface area contributed by atoms with E-state index in [9.17, 15) is 4.79 Å². The molecule has 0 spiro atoms. The van der Waals surface area contributed by atoms with Gasteiger partial charge in [0.2, 0.25) is 5.91 Å². The number of nitrogens with one attached hydrogen (secondary N) is 2. The summed E-state index contributed by atoms with van der Waals surface area (Å²) in [5.41, 5.74) is 3.30. The number of carbonyl (C=O) groups is 1. The second kappa shape index (κ2) is 8.73. The summed E-state index contributed by atoms with van der Waals surface area (Å²) in [7, 11) is 1.61. The minimum absolute atomic E-state index is 0.181. The molecule has 8 heteroatoms. The van der Waals surface area contributed by atoms with Crippen LogP contribution in [0.5, 0.6) is 11.5 Å². The number of ether oxygens (including phenoxy) is 2. The first-order valence-corrected chi connectivity index (χ1v) is 12.1. The lowest BCUT2D eigenvalue weighted by molar-refractivity contribution is -0.130. The third-order valence-electron chi connectivity index (χ3n) is 6.69. The Kier molecular flexibility index (Phi) is 5.85. The Balaban J connectivity index is 1.64. The van der Waals surface area contributed by atoms with Crippen LogP contribution < -0.4 is 25.0 Å². The molecule has 2 N–H and O–H groups in total. The summed E-state index contributed by atoms with van der Waals surface area (Å²) < 4.78 is 12.1. The van der Waals surface area contributed by atoms with Gasteiger partial charge in [0.25, 0.3) is 0 Å². The summed E-state index contributed by atoms with van der Waals surface area (Å²) in [6.07, 6.45) is 0. The molecule has 6 nitrogen and oxygen atoms in total. The van der Waals surface area contributed by atoms with E-state index in [0.29, 0.717) is 21.6 Å². The van der Waals surface area contributed by atoms with Gasteiger partial charge in [-0.1, -0.05) is 35.4 Å². The molecule has 35 heavy (non-hydrogen) atoms. The van der Waals surface area contributed by atoms with Crippen molar-refractivity contribution in [2.24, 2.45) is 5.92 Å². The molecule has 3 aromatic carbocycles. The van der Waals surface area contributed by atoms with E-state index in [-0.39, 0.29) is 5.91 Å². The van der Waals surface area contributed by atoms with E-state index in [2.05, 4.69) is 10.6 Å². The lowest BCUT2D eigenvalue weighted by Crippen LogP contribution is -2.72. The van der Waals surface area contributed by atoms with Crippen LogP contribution in [0.15, 0.2) is 60.7 Å². The molecule has 3 atom stereocenters. The van der Waals surface area contributed by atoms with Crippen LogP contribution in [0.25, 0.3) is 0 Å². The number of hydrogen-bond donors (Lipinski definition) is 2. The summed E-state index contributed by atoms with van der Waals surface area (Å²) in [6, 6.07) is 18.5. The number of carbonyl (C=O) groups excluding carboxylic acids is 1. The third kappa shape index (κ3) is 3.98. The highest BCUT2D eigenvalue weighted by Crippen LogP contribution is 2.50.